The highest BCUT2D eigenvalue weighted by Gasteiger charge is 2.24. The summed E-state index contributed by atoms with van der Waals surface area (Å²) in [5.74, 6) is 2.89. The summed E-state index contributed by atoms with van der Waals surface area (Å²) >= 11 is 2.02. The molecule has 2 aromatic carbocycles. The van der Waals surface area contributed by atoms with E-state index in [9.17, 15) is 0 Å². The van der Waals surface area contributed by atoms with Gasteiger partial charge in [-0.2, -0.15) is 0 Å². The third kappa shape index (κ3) is 3.72. The monoisotopic (exact) mass is 301 g/mol. The third-order valence-corrected chi connectivity index (χ3v) is 5.02. The van der Waals surface area contributed by atoms with Crippen LogP contribution < -0.4 is 4.74 Å². The lowest BCUT2D eigenvalue weighted by Gasteiger charge is -2.17. The average Bonchev–Trinajstić information content (AvgIpc) is 2.92. The highest BCUT2D eigenvalue weighted by Crippen LogP contribution is 2.28. The number of ether oxygens (including phenoxy) is 1. The van der Waals surface area contributed by atoms with E-state index in [1.807, 2.05) is 11.8 Å². The van der Waals surface area contributed by atoms with E-state index in [4.69, 9.17) is 4.74 Å². The summed E-state index contributed by atoms with van der Waals surface area (Å²) in [5, 5.41) is 3.04. The molecule has 0 aliphatic carbocycles. The average molecular weight is 301 g/mol. The van der Waals surface area contributed by atoms with Crippen LogP contribution in [0.4, 0.5) is 0 Å². The lowest BCUT2D eigenvalue weighted by Crippen LogP contribution is -2.28. The zero-order valence-electron chi connectivity index (χ0n) is 12.8. The second kappa shape index (κ2) is 6.71. The van der Waals surface area contributed by atoms with E-state index in [1.165, 1.54) is 17.3 Å². The van der Waals surface area contributed by atoms with Crippen LogP contribution in [0.5, 0.6) is 5.75 Å². The summed E-state index contributed by atoms with van der Waals surface area (Å²) in [6.07, 6.45) is 0. The van der Waals surface area contributed by atoms with Crippen molar-refractivity contribution in [3.05, 3.63) is 42.5 Å². The molecule has 0 aromatic heterocycles. The van der Waals surface area contributed by atoms with E-state index in [0.717, 1.165) is 30.7 Å². The van der Waals surface area contributed by atoms with Crippen molar-refractivity contribution in [3.63, 3.8) is 0 Å². The van der Waals surface area contributed by atoms with Crippen LogP contribution in [-0.4, -0.2) is 35.7 Å². The molecule has 3 heteroatoms. The smallest absolute Gasteiger partial charge is 0.127 e. The molecule has 0 N–H and O–H groups in total. The molecule has 21 heavy (non-hydrogen) atoms. The maximum absolute atomic E-state index is 6.11. The Bertz CT molecular complexity index is 593. The van der Waals surface area contributed by atoms with Gasteiger partial charge in [-0.1, -0.05) is 50.2 Å². The van der Waals surface area contributed by atoms with Gasteiger partial charge in [-0.05, 0) is 17.4 Å². The molecule has 0 amide bonds. The van der Waals surface area contributed by atoms with Crippen LogP contribution in [0.15, 0.2) is 42.5 Å². The van der Waals surface area contributed by atoms with Gasteiger partial charge in [0, 0.05) is 24.4 Å². The van der Waals surface area contributed by atoms with E-state index in [-0.39, 0.29) is 0 Å². The Hall–Kier alpha value is -1.19. The van der Waals surface area contributed by atoms with Crippen molar-refractivity contribution in [1.82, 2.24) is 4.90 Å². The molecule has 1 fully saturated rings. The highest BCUT2D eigenvalue weighted by molar-refractivity contribution is 8.00. The van der Waals surface area contributed by atoms with Crippen LogP contribution >= 0.6 is 11.8 Å². The Morgan fingerprint density at radius 1 is 1.19 bits per heavy atom. The number of hydrogen-bond donors (Lipinski definition) is 0. The van der Waals surface area contributed by atoms with E-state index in [2.05, 4.69) is 61.2 Å². The Morgan fingerprint density at radius 2 is 2.00 bits per heavy atom. The molecule has 1 aliphatic heterocycles. The number of fused-ring (bicyclic) bond motifs is 1. The zero-order chi connectivity index (χ0) is 14.7. The fraction of sp³-hybridized carbons (Fsp3) is 0.444. The van der Waals surface area contributed by atoms with E-state index in [0.29, 0.717) is 5.25 Å². The molecule has 1 unspecified atom stereocenters. The summed E-state index contributed by atoms with van der Waals surface area (Å²) < 4.78 is 6.11. The topological polar surface area (TPSA) is 12.5 Å². The van der Waals surface area contributed by atoms with Crippen molar-refractivity contribution < 1.29 is 4.74 Å². The molecular formula is C18H23NOS. The SMILES string of the molecule is CC(C)CN1CSC(COc2cccc3ccccc23)C1. The van der Waals surface area contributed by atoms with Gasteiger partial charge in [0.15, 0.2) is 0 Å². The lowest BCUT2D eigenvalue weighted by molar-refractivity contribution is 0.264. The molecule has 2 nitrogen and oxygen atoms in total. The molecule has 0 radical (unpaired) electrons. The van der Waals surface area contributed by atoms with Crippen LogP contribution in [-0.2, 0) is 0 Å². The van der Waals surface area contributed by atoms with Gasteiger partial charge in [-0.15, -0.1) is 11.8 Å². The predicted octanol–water partition coefficient (Wildman–Crippen LogP) is 4.25. The molecule has 2 aromatic rings. The van der Waals surface area contributed by atoms with Crippen molar-refractivity contribution >= 4 is 22.5 Å². The zero-order valence-corrected chi connectivity index (χ0v) is 13.6. The molecule has 0 bridgehead atoms. The molecule has 3 rings (SSSR count). The second-order valence-electron chi connectivity index (χ2n) is 6.14. The molecule has 1 saturated heterocycles. The van der Waals surface area contributed by atoms with Crippen LogP contribution in [0, 0.1) is 5.92 Å². The molecule has 112 valence electrons. The fourth-order valence-electron chi connectivity index (χ4n) is 2.85. The Kier molecular flexibility index (Phi) is 4.71. The summed E-state index contributed by atoms with van der Waals surface area (Å²) in [7, 11) is 0. The Labute approximate surface area is 131 Å². The van der Waals surface area contributed by atoms with Gasteiger partial charge in [-0.25, -0.2) is 0 Å². The molecule has 1 atom stereocenters. The molecule has 0 saturated carbocycles. The lowest BCUT2D eigenvalue weighted by atomic mass is 10.1. The first-order valence-corrected chi connectivity index (χ1v) is 8.72. The number of thioether (sulfide) groups is 1. The first kappa shape index (κ1) is 14.7. The number of hydrogen-bond acceptors (Lipinski definition) is 3. The van der Waals surface area contributed by atoms with Gasteiger partial charge in [0.05, 0.1) is 5.25 Å². The van der Waals surface area contributed by atoms with Gasteiger partial charge >= 0.3 is 0 Å². The number of nitrogens with zero attached hydrogens (tertiary/aromatic N) is 1. The number of benzene rings is 2. The largest absolute Gasteiger partial charge is 0.492 e. The summed E-state index contributed by atoms with van der Waals surface area (Å²) in [5.41, 5.74) is 0. The summed E-state index contributed by atoms with van der Waals surface area (Å²) in [4.78, 5) is 2.53. The van der Waals surface area contributed by atoms with Gasteiger partial charge in [-0.3, -0.25) is 4.90 Å². The molecule has 1 heterocycles. The van der Waals surface area contributed by atoms with Crippen LogP contribution in [0.2, 0.25) is 0 Å². The van der Waals surface area contributed by atoms with Gasteiger partial charge in [0.2, 0.25) is 0 Å². The van der Waals surface area contributed by atoms with Crippen molar-refractivity contribution in [3.8, 4) is 5.75 Å². The molecule has 0 spiro atoms. The third-order valence-electron chi connectivity index (χ3n) is 3.75. The Morgan fingerprint density at radius 3 is 2.86 bits per heavy atom. The quantitative estimate of drug-likeness (QED) is 0.819. The maximum Gasteiger partial charge on any atom is 0.127 e. The number of rotatable bonds is 5. The van der Waals surface area contributed by atoms with E-state index in [1.54, 1.807) is 0 Å². The predicted molar refractivity (Wildman–Crippen MR) is 92.1 cm³/mol. The van der Waals surface area contributed by atoms with E-state index < -0.39 is 0 Å². The molecular weight excluding hydrogens is 278 g/mol. The summed E-state index contributed by atoms with van der Waals surface area (Å²) in [6.45, 7) is 7.70. The van der Waals surface area contributed by atoms with Crippen molar-refractivity contribution in [2.45, 2.75) is 19.1 Å². The normalized spacial score (nSPS) is 19.5. The van der Waals surface area contributed by atoms with Crippen LogP contribution in [0.1, 0.15) is 13.8 Å². The van der Waals surface area contributed by atoms with Crippen molar-refractivity contribution in [2.75, 3.05) is 25.6 Å². The van der Waals surface area contributed by atoms with Crippen LogP contribution in [0.25, 0.3) is 10.8 Å². The minimum absolute atomic E-state index is 0.586. The van der Waals surface area contributed by atoms with E-state index >= 15 is 0 Å². The summed E-state index contributed by atoms with van der Waals surface area (Å²) in [6, 6.07) is 14.7. The first-order chi connectivity index (χ1) is 10.2. The Balaban J connectivity index is 1.60. The fourth-order valence-corrected chi connectivity index (χ4v) is 3.97. The highest BCUT2D eigenvalue weighted by atomic mass is 32.2. The second-order valence-corrected chi connectivity index (χ2v) is 7.39. The van der Waals surface area contributed by atoms with Crippen molar-refractivity contribution in [1.29, 1.82) is 0 Å². The van der Waals surface area contributed by atoms with Gasteiger partial charge < -0.3 is 4.74 Å². The van der Waals surface area contributed by atoms with Gasteiger partial charge in [0.25, 0.3) is 0 Å². The standard InChI is InChI=1S/C18H23NOS/c1-14(2)10-19-11-16(21-13-19)12-20-18-9-5-7-15-6-3-4-8-17(15)18/h3-9,14,16H,10-13H2,1-2H3. The minimum atomic E-state index is 0.586. The van der Waals surface area contributed by atoms with Crippen molar-refractivity contribution in [2.24, 2.45) is 5.92 Å². The first-order valence-electron chi connectivity index (χ1n) is 7.67. The van der Waals surface area contributed by atoms with Gasteiger partial charge in [0.1, 0.15) is 12.4 Å². The molecule has 1 aliphatic rings. The van der Waals surface area contributed by atoms with Crippen LogP contribution in [0.3, 0.4) is 0 Å². The maximum atomic E-state index is 6.11. The minimum Gasteiger partial charge on any atom is -0.492 e.